The third kappa shape index (κ3) is 4.58. The minimum absolute atomic E-state index is 0.760. The average Bonchev–Trinajstić information content (AvgIpc) is 2.71. The monoisotopic (exact) mass is 374 g/mol. The molecule has 0 amide bonds. The van der Waals surface area contributed by atoms with Crippen LogP contribution in [0.1, 0.15) is 5.56 Å². The van der Waals surface area contributed by atoms with Crippen LogP contribution >= 0.6 is 0 Å². The average molecular weight is 374 g/mol. The Balaban J connectivity index is 1.40. The van der Waals surface area contributed by atoms with Crippen LogP contribution in [0, 0.1) is 6.92 Å². The second kappa shape index (κ2) is 8.27. The molecule has 1 saturated heterocycles. The van der Waals surface area contributed by atoms with Gasteiger partial charge in [-0.1, -0.05) is 17.7 Å². The highest BCUT2D eigenvalue weighted by Gasteiger charge is 2.14. The van der Waals surface area contributed by atoms with Crippen LogP contribution in [0.2, 0.25) is 0 Å². The van der Waals surface area contributed by atoms with E-state index in [-0.39, 0.29) is 0 Å². The van der Waals surface area contributed by atoms with E-state index in [4.69, 9.17) is 0 Å². The summed E-state index contributed by atoms with van der Waals surface area (Å²) in [7, 11) is 2.17. The fraction of sp³-hybridized carbons (Fsp3) is 0.273. The summed E-state index contributed by atoms with van der Waals surface area (Å²) in [5.74, 6) is 1.52. The molecule has 0 bridgehead atoms. The van der Waals surface area contributed by atoms with Crippen LogP contribution in [-0.2, 0) is 0 Å². The lowest BCUT2D eigenvalue weighted by Gasteiger charge is -2.34. The summed E-state index contributed by atoms with van der Waals surface area (Å²) >= 11 is 0. The summed E-state index contributed by atoms with van der Waals surface area (Å²) in [6, 6.07) is 18.7. The van der Waals surface area contributed by atoms with E-state index < -0.39 is 0 Å². The molecule has 0 spiro atoms. The predicted molar refractivity (Wildman–Crippen MR) is 116 cm³/mol. The number of benzene rings is 2. The molecule has 4 rings (SSSR count). The summed E-state index contributed by atoms with van der Waals surface area (Å²) < 4.78 is 0. The van der Waals surface area contributed by atoms with Crippen LogP contribution in [0.3, 0.4) is 0 Å². The lowest BCUT2D eigenvalue weighted by atomic mass is 10.2. The highest BCUT2D eigenvalue weighted by atomic mass is 15.2. The van der Waals surface area contributed by atoms with Crippen molar-refractivity contribution in [1.82, 2.24) is 14.9 Å². The van der Waals surface area contributed by atoms with E-state index in [0.29, 0.717) is 0 Å². The number of aryl methyl sites for hydroxylation is 1. The zero-order valence-electron chi connectivity index (χ0n) is 16.4. The van der Waals surface area contributed by atoms with Crippen LogP contribution in [0.15, 0.2) is 60.9 Å². The van der Waals surface area contributed by atoms with E-state index in [9.17, 15) is 0 Å². The number of piperazine rings is 1. The van der Waals surface area contributed by atoms with Gasteiger partial charge in [0.1, 0.15) is 18.0 Å². The molecule has 0 unspecified atom stereocenters. The minimum atomic E-state index is 0.760. The van der Waals surface area contributed by atoms with Crippen molar-refractivity contribution in [3.63, 3.8) is 0 Å². The molecule has 1 aromatic heterocycles. The van der Waals surface area contributed by atoms with Crippen LogP contribution in [0.25, 0.3) is 0 Å². The lowest BCUT2D eigenvalue weighted by molar-refractivity contribution is 0.313. The van der Waals surface area contributed by atoms with Gasteiger partial charge in [-0.2, -0.15) is 0 Å². The fourth-order valence-corrected chi connectivity index (χ4v) is 3.25. The summed E-state index contributed by atoms with van der Waals surface area (Å²) in [5.41, 5.74) is 4.52. The molecule has 0 radical (unpaired) electrons. The summed E-state index contributed by atoms with van der Waals surface area (Å²) in [4.78, 5) is 13.4. The zero-order valence-corrected chi connectivity index (χ0v) is 16.4. The van der Waals surface area contributed by atoms with Gasteiger partial charge >= 0.3 is 0 Å². The molecule has 28 heavy (non-hydrogen) atoms. The van der Waals surface area contributed by atoms with Crippen LogP contribution < -0.4 is 15.5 Å². The van der Waals surface area contributed by atoms with Gasteiger partial charge in [-0.15, -0.1) is 0 Å². The van der Waals surface area contributed by atoms with Gasteiger partial charge < -0.3 is 20.4 Å². The molecule has 0 aliphatic carbocycles. The maximum absolute atomic E-state index is 4.33. The number of rotatable bonds is 5. The number of hydrogen-bond acceptors (Lipinski definition) is 6. The molecule has 2 heterocycles. The van der Waals surface area contributed by atoms with Crippen molar-refractivity contribution < 1.29 is 0 Å². The minimum Gasteiger partial charge on any atom is -0.369 e. The first kappa shape index (κ1) is 18.3. The maximum atomic E-state index is 4.33. The highest BCUT2D eigenvalue weighted by Crippen LogP contribution is 2.23. The smallest absolute Gasteiger partial charge is 0.135 e. The molecular formula is C22H26N6. The van der Waals surface area contributed by atoms with Gasteiger partial charge in [-0.05, 0) is 50.4 Å². The third-order valence-electron chi connectivity index (χ3n) is 5.00. The van der Waals surface area contributed by atoms with E-state index >= 15 is 0 Å². The number of nitrogens with one attached hydrogen (secondary N) is 2. The number of hydrogen-bond donors (Lipinski definition) is 2. The first-order valence-corrected chi connectivity index (χ1v) is 9.62. The predicted octanol–water partition coefficient (Wildman–Crippen LogP) is 4.02. The summed E-state index contributed by atoms with van der Waals surface area (Å²) in [6.45, 7) is 6.44. The second-order valence-electron chi connectivity index (χ2n) is 7.24. The Kier molecular flexibility index (Phi) is 5.39. The Morgan fingerprint density at radius 3 is 1.86 bits per heavy atom. The van der Waals surface area contributed by atoms with Gasteiger partial charge in [0.25, 0.3) is 0 Å². The number of nitrogens with zero attached hydrogens (tertiary/aromatic N) is 4. The standard InChI is InChI=1S/C22H26N6/c1-17-3-5-18(6-4-17)25-21-15-22(24-16-23-21)26-19-7-9-20(10-8-19)28-13-11-27(2)12-14-28/h3-10,15-16H,11-14H2,1-2H3,(H2,23,24,25,26). The van der Waals surface area contributed by atoms with E-state index in [1.165, 1.54) is 11.3 Å². The molecule has 3 aromatic rings. The van der Waals surface area contributed by atoms with Gasteiger partial charge in [0.05, 0.1) is 0 Å². The SMILES string of the molecule is Cc1ccc(Nc2cc(Nc3ccc(N4CCN(C)CC4)cc3)ncn2)cc1. The van der Waals surface area contributed by atoms with Gasteiger partial charge in [0.15, 0.2) is 0 Å². The maximum Gasteiger partial charge on any atom is 0.135 e. The number of anilines is 5. The van der Waals surface area contributed by atoms with Crippen molar-refractivity contribution in [3.05, 3.63) is 66.5 Å². The lowest BCUT2D eigenvalue weighted by Crippen LogP contribution is -2.44. The van der Waals surface area contributed by atoms with Crippen molar-refractivity contribution in [2.24, 2.45) is 0 Å². The molecule has 0 saturated carbocycles. The van der Waals surface area contributed by atoms with Crippen LogP contribution in [0.4, 0.5) is 28.7 Å². The molecule has 6 nitrogen and oxygen atoms in total. The zero-order chi connectivity index (χ0) is 19.3. The van der Waals surface area contributed by atoms with Crippen LogP contribution in [-0.4, -0.2) is 48.1 Å². The van der Waals surface area contributed by atoms with Crippen molar-refractivity contribution in [2.45, 2.75) is 6.92 Å². The largest absolute Gasteiger partial charge is 0.369 e. The summed E-state index contributed by atoms with van der Waals surface area (Å²) in [6.07, 6.45) is 1.57. The van der Waals surface area contributed by atoms with E-state index in [1.54, 1.807) is 6.33 Å². The van der Waals surface area contributed by atoms with Gasteiger partial charge in [-0.3, -0.25) is 0 Å². The summed E-state index contributed by atoms with van der Waals surface area (Å²) in [5, 5.41) is 6.67. The molecular weight excluding hydrogens is 348 g/mol. The Morgan fingerprint density at radius 1 is 0.750 bits per heavy atom. The van der Waals surface area contributed by atoms with Crippen LogP contribution in [0.5, 0.6) is 0 Å². The second-order valence-corrected chi connectivity index (χ2v) is 7.24. The Labute approximate surface area is 166 Å². The highest BCUT2D eigenvalue weighted by molar-refractivity contribution is 5.64. The molecule has 1 aliphatic rings. The number of aromatic nitrogens is 2. The molecule has 144 valence electrons. The Hall–Kier alpha value is -3.12. The molecule has 1 fully saturated rings. The molecule has 1 aliphatic heterocycles. The quantitative estimate of drug-likeness (QED) is 0.703. The van der Waals surface area contributed by atoms with Crippen molar-refractivity contribution in [3.8, 4) is 0 Å². The Bertz CT molecular complexity index is 899. The van der Waals surface area contributed by atoms with Crippen molar-refractivity contribution in [2.75, 3.05) is 48.8 Å². The topological polar surface area (TPSA) is 56.3 Å². The third-order valence-corrected chi connectivity index (χ3v) is 5.00. The molecule has 2 aromatic carbocycles. The molecule has 0 atom stereocenters. The van der Waals surface area contributed by atoms with Crippen molar-refractivity contribution >= 4 is 28.7 Å². The van der Waals surface area contributed by atoms with E-state index in [2.05, 4.69) is 80.8 Å². The van der Waals surface area contributed by atoms with Gasteiger partial charge in [0, 0.05) is 49.3 Å². The fourth-order valence-electron chi connectivity index (χ4n) is 3.25. The first-order chi connectivity index (χ1) is 13.7. The normalized spacial score (nSPS) is 14.7. The van der Waals surface area contributed by atoms with E-state index in [0.717, 1.165) is 49.2 Å². The first-order valence-electron chi connectivity index (χ1n) is 9.62. The Morgan fingerprint density at radius 2 is 1.29 bits per heavy atom. The number of likely N-dealkylation sites (N-methyl/N-ethyl adjacent to an activating group) is 1. The molecule has 2 N–H and O–H groups in total. The van der Waals surface area contributed by atoms with E-state index in [1.807, 2.05) is 18.2 Å². The van der Waals surface area contributed by atoms with Crippen molar-refractivity contribution in [1.29, 1.82) is 0 Å². The molecule has 6 heteroatoms. The van der Waals surface area contributed by atoms with Gasteiger partial charge in [-0.25, -0.2) is 9.97 Å². The van der Waals surface area contributed by atoms with Gasteiger partial charge in [0.2, 0.25) is 0 Å².